The maximum Gasteiger partial charge on any atom is 0.0666 e. The molecule has 0 bridgehead atoms. The molecule has 1 heterocycles. The second-order valence-electron chi connectivity index (χ2n) is 5.35. The molecule has 1 aromatic carbocycles. The molecule has 0 unspecified atom stereocenters. The molecule has 0 aromatic heterocycles. The average Bonchev–Trinajstić information content (AvgIpc) is 3.13. The van der Waals surface area contributed by atoms with E-state index in [4.69, 9.17) is 0 Å². The summed E-state index contributed by atoms with van der Waals surface area (Å²) in [5.74, 6) is 0.850. The Hall–Kier alpha value is -1.11. The largest absolute Gasteiger partial charge is 0.261 e. The highest BCUT2D eigenvalue weighted by molar-refractivity contribution is 5.74. The van der Waals surface area contributed by atoms with Crippen molar-refractivity contribution in [2.24, 2.45) is 4.99 Å². The topological polar surface area (TPSA) is 12.4 Å². The summed E-state index contributed by atoms with van der Waals surface area (Å²) in [4.78, 5) is 4.57. The highest BCUT2D eigenvalue weighted by Crippen LogP contribution is 2.56. The maximum absolute atomic E-state index is 4.57. The Labute approximate surface area is 90.2 Å². The van der Waals surface area contributed by atoms with E-state index in [1.807, 2.05) is 0 Å². The minimum atomic E-state index is 0.513. The van der Waals surface area contributed by atoms with Gasteiger partial charge in [0.1, 0.15) is 0 Å². The molecule has 1 aromatic rings. The lowest BCUT2D eigenvalue weighted by molar-refractivity contribution is 0.726. The van der Waals surface area contributed by atoms with Gasteiger partial charge in [0, 0.05) is 11.6 Å². The van der Waals surface area contributed by atoms with Crippen LogP contribution in [0.4, 0.5) is 5.69 Å². The number of fused-ring (bicyclic) bond motifs is 2. The van der Waals surface area contributed by atoms with Gasteiger partial charge in [-0.25, -0.2) is 0 Å². The zero-order valence-electron chi connectivity index (χ0n) is 8.87. The Morgan fingerprint density at radius 1 is 1.20 bits per heavy atom. The molecule has 0 N–H and O–H groups in total. The minimum Gasteiger partial charge on any atom is -0.261 e. The number of hydrogen-bond donors (Lipinski definition) is 0. The summed E-state index contributed by atoms with van der Waals surface area (Å²) < 4.78 is 0. The molecule has 4 rings (SSSR count). The van der Waals surface area contributed by atoms with Crippen molar-refractivity contribution in [2.75, 3.05) is 0 Å². The second kappa shape index (κ2) is 2.52. The third-order valence-electron chi connectivity index (χ3n) is 4.21. The van der Waals surface area contributed by atoms with Crippen LogP contribution < -0.4 is 0 Å². The van der Waals surface area contributed by atoms with Gasteiger partial charge in [0.2, 0.25) is 0 Å². The van der Waals surface area contributed by atoms with Gasteiger partial charge in [0.15, 0.2) is 0 Å². The Morgan fingerprint density at radius 2 is 2.07 bits per heavy atom. The van der Waals surface area contributed by atoms with E-state index in [1.165, 1.54) is 48.9 Å². The van der Waals surface area contributed by atoms with Crippen molar-refractivity contribution >= 4 is 11.9 Å². The molecule has 1 nitrogen and oxygen atoms in total. The summed E-state index contributed by atoms with van der Waals surface area (Å²) in [6.45, 7) is 0. The average molecular weight is 197 g/mol. The smallest absolute Gasteiger partial charge is 0.0666 e. The Bertz CT molecular complexity index is 450. The molecule has 3 aliphatic rings. The van der Waals surface area contributed by atoms with E-state index in [0.717, 1.165) is 5.92 Å². The SMILES string of the molecule is C1=Nc2cc(C3CC3)ccc2C2(C1)CC2. The molecule has 1 aliphatic heterocycles. The molecule has 15 heavy (non-hydrogen) atoms. The first-order chi connectivity index (χ1) is 7.37. The van der Waals surface area contributed by atoms with Gasteiger partial charge in [0.05, 0.1) is 5.69 Å². The third kappa shape index (κ3) is 1.12. The molecule has 0 radical (unpaired) electrons. The van der Waals surface area contributed by atoms with E-state index in [-0.39, 0.29) is 0 Å². The number of rotatable bonds is 1. The third-order valence-corrected chi connectivity index (χ3v) is 4.21. The van der Waals surface area contributed by atoms with Crippen molar-refractivity contribution < 1.29 is 0 Å². The first kappa shape index (κ1) is 8.09. The van der Waals surface area contributed by atoms with Crippen LogP contribution in [0.25, 0.3) is 0 Å². The molecule has 1 spiro atoms. The monoisotopic (exact) mass is 197 g/mol. The summed E-state index contributed by atoms with van der Waals surface area (Å²) in [7, 11) is 0. The predicted molar refractivity (Wildman–Crippen MR) is 62.1 cm³/mol. The van der Waals surface area contributed by atoms with Gasteiger partial charge in [-0.1, -0.05) is 12.1 Å². The highest BCUT2D eigenvalue weighted by Gasteiger charge is 2.46. The molecule has 0 saturated heterocycles. The summed E-state index contributed by atoms with van der Waals surface area (Å²) in [6, 6.07) is 7.03. The molecular formula is C14H15N. The van der Waals surface area contributed by atoms with Gasteiger partial charge in [-0.15, -0.1) is 0 Å². The van der Waals surface area contributed by atoms with Crippen LogP contribution in [0, 0.1) is 0 Å². The zero-order valence-corrected chi connectivity index (χ0v) is 8.87. The molecule has 2 fully saturated rings. The summed E-state index contributed by atoms with van der Waals surface area (Å²) in [5, 5.41) is 0. The Morgan fingerprint density at radius 3 is 2.80 bits per heavy atom. The van der Waals surface area contributed by atoms with Crippen molar-refractivity contribution in [3.63, 3.8) is 0 Å². The van der Waals surface area contributed by atoms with E-state index in [1.54, 1.807) is 0 Å². The normalized spacial score (nSPS) is 25.3. The van der Waals surface area contributed by atoms with Crippen LogP contribution in [0.1, 0.15) is 49.1 Å². The van der Waals surface area contributed by atoms with Gasteiger partial charge in [-0.3, -0.25) is 4.99 Å². The van der Waals surface area contributed by atoms with Crippen LogP contribution >= 0.6 is 0 Å². The fraction of sp³-hybridized carbons (Fsp3) is 0.500. The number of benzene rings is 1. The molecule has 2 aliphatic carbocycles. The summed E-state index contributed by atoms with van der Waals surface area (Å²) in [6.07, 6.45) is 8.81. The van der Waals surface area contributed by atoms with Gasteiger partial charge in [0.25, 0.3) is 0 Å². The maximum atomic E-state index is 4.57. The van der Waals surface area contributed by atoms with E-state index >= 15 is 0 Å². The zero-order chi connectivity index (χ0) is 9.88. The van der Waals surface area contributed by atoms with Crippen LogP contribution in [0.2, 0.25) is 0 Å². The van der Waals surface area contributed by atoms with E-state index < -0.39 is 0 Å². The standard InChI is InChI=1S/C14H15N/c1-2-10(1)11-3-4-12-13(9-11)15-8-7-14(12)5-6-14/h3-4,8-10H,1-2,5-7H2. The summed E-state index contributed by atoms with van der Waals surface area (Å²) >= 11 is 0. The second-order valence-corrected chi connectivity index (χ2v) is 5.35. The molecular weight excluding hydrogens is 182 g/mol. The van der Waals surface area contributed by atoms with E-state index in [9.17, 15) is 0 Å². The number of hydrogen-bond acceptors (Lipinski definition) is 1. The lowest BCUT2D eigenvalue weighted by atomic mass is 9.88. The summed E-state index contributed by atoms with van der Waals surface area (Å²) in [5.41, 5.74) is 4.82. The highest BCUT2D eigenvalue weighted by atomic mass is 14.8. The van der Waals surface area contributed by atoms with Gasteiger partial charge in [-0.2, -0.15) is 0 Å². The Balaban J connectivity index is 1.85. The molecule has 2 saturated carbocycles. The van der Waals surface area contributed by atoms with Crippen molar-refractivity contribution in [3.8, 4) is 0 Å². The van der Waals surface area contributed by atoms with E-state index in [0.29, 0.717) is 5.41 Å². The molecule has 76 valence electrons. The Kier molecular flexibility index (Phi) is 1.36. The number of nitrogens with zero attached hydrogens (tertiary/aromatic N) is 1. The van der Waals surface area contributed by atoms with Crippen LogP contribution in [0.3, 0.4) is 0 Å². The van der Waals surface area contributed by atoms with Crippen molar-refractivity contribution in [2.45, 2.75) is 43.4 Å². The fourth-order valence-electron chi connectivity index (χ4n) is 2.83. The van der Waals surface area contributed by atoms with Gasteiger partial charge >= 0.3 is 0 Å². The molecule has 1 heteroatoms. The lowest BCUT2D eigenvalue weighted by Crippen LogP contribution is -2.11. The van der Waals surface area contributed by atoms with Gasteiger partial charge < -0.3 is 0 Å². The predicted octanol–water partition coefficient (Wildman–Crippen LogP) is 3.70. The molecule has 0 amide bonds. The van der Waals surface area contributed by atoms with Crippen LogP contribution in [0.15, 0.2) is 23.2 Å². The van der Waals surface area contributed by atoms with Crippen molar-refractivity contribution in [1.29, 1.82) is 0 Å². The fourth-order valence-corrected chi connectivity index (χ4v) is 2.83. The van der Waals surface area contributed by atoms with Gasteiger partial charge in [-0.05, 0) is 55.2 Å². The van der Waals surface area contributed by atoms with Crippen LogP contribution in [0.5, 0.6) is 0 Å². The number of aliphatic imine (C=N–C) groups is 1. The van der Waals surface area contributed by atoms with Crippen molar-refractivity contribution in [1.82, 2.24) is 0 Å². The lowest BCUT2D eigenvalue weighted by Gasteiger charge is -2.20. The van der Waals surface area contributed by atoms with Crippen molar-refractivity contribution in [3.05, 3.63) is 29.3 Å². The molecule has 0 atom stereocenters. The first-order valence-electron chi connectivity index (χ1n) is 6.04. The van der Waals surface area contributed by atoms with Crippen LogP contribution in [-0.2, 0) is 5.41 Å². The quantitative estimate of drug-likeness (QED) is 0.651. The minimum absolute atomic E-state index is 0.513. The first-order valence-corrected chi connectivity index (χ1v) is 6.04. The van der Waals surface area contributed by atoms with Crippen LogP contribution in [-0.4, -0.2) is 6.21 Å². The van der Waals surface area contributed by atoms with E-state index in [2.05, 4.69) is 29.4 Å².